The lowest BCUT2D eigenvalue weighted by molar-refractivity contribution is -0.129. The maximum atomic E-state index is 11.7. The summed E-state index contributed by atoms with van der Waals surface area (Å²) < 4.78 is 0. The van der Waals surface area contributed by atoms with E-state index in [-0.39, 0.29) is 11.9 Å². The van der Waals surface area contributed by atoms with Crippen LogP contribution in [-0.2, 0) is 11.3 Å². The van der Waals surface area contributed by atoms with Crippen molar-refractivity contribution < 1.29 is 14.7 Å². The maximum Gasteiger partial charge on any atom is 0.345 e. The zero-order chi connectivity index (χ0) is 13.1. The van der Waals surface area contributed by atoms with Crippen LogP contribution < -0.4 is 5.32 Å². The van der Waals surface area contributed by atoms with Crippen LogP contribution in [0.15, 0.2) is 12.1 Å². The molecule has 1 aromatic rings. The molecule has 1 fully saturated rings. The smallest absolute Gasteiger partial charge is 0.345 e. The van der Waals surface area contributed by atoms with Gasteiger partial charge < -0.3 is 10.4 Å². The Morgan fingerprint density at radius 1 is 1.61 bits per heavy atom. The van der Waals surface area contributed by atoms with E-state index in [4.69, 9.17) is 5.11 Å². The van der Waals surface area contributed by atoms with Gasteiger partial charge in [-0.05, 0) is 18.6 Å². The molecule has 5 nitrogen and oxygen atoms in total. The Kier molecular flexibility index (Phi) is 3.98. The van der Waals surface area contributed by atoms with Crippen LogP contribution in [0.3, 0.4) is 0 Å². The number of rotatable bonds is 4. The van der Waals surface area contributed by atoms with E-state index >= 15 is 0 Å². The van der Waals surface area contributed by atoms with Crippen LogP contribution in [0, 0.1) is 0 Å². The van der Waals surface area contributed by atoms with Crippen LogP contribution in [-0.4, -0.2) is 41.0 Å². The number of carboxylic acid groups (broad SMARTS) is 1. The topological polar surface area (TPSA) is 69.6 Å². The van der Waals surface area contributed by atoms with E-state index < -0.39 is 5.97 Å². The summed E-state index contributed by atoms with van der Waals surface area (Å²) in [6.07, 6.45) is 0.767. The first-order valence-electron chi connectivity index (χ1n) is 5.95. The number of hydrogen-bond donors (Lipinski definition) is 2. The number of carbonyl (C=O) groups is 2. The predicted molar refractivity (Wildman–Crippen MR) is 68.8 cm³/mol. The van der Waals surface area contributed by atoms with Gasteiger partial charge in [-0.25, -0.2) is 4.79 Å². The maximum absolute atomic E-state index is 11.7. The molecule has 18 heavy (non-hydrogen) atoms. The van der Waals surface area contributed by atoms with E-state index in [1.165, 1.54) is 11.3 Å². The fraction of sp³-hybridized carbons (Fsp3) is 0.500. The first-order chi connectivity index (χ1) is 8.61. The molecule has 0 bridgehead atoms. The summed E-state index contributed by atoms with van der Waals surface area (Å²) in [5.74, 6) is -0.826. The van der Waals surface area contributed by atoms with Crippen molar-refractivity contribution in [2.24, 2.45) is 0 Å². The first kappa shape index (κ1) is 13.0. The van der Waals surface area contributed by atoms with Crippen LogP contribution >= 0.6 is 11.3 Å². The average Bonchev–Trinajstić information content (AvgIpc) is 2.78. The van der Waals surface area contributed by atoms with Gasteiger partial charge in [0.1, 0.15) is 4.88 Å². The minimum absolute atomic E-state index is 0.0683. The van der Waals surface area contributed by atoms with Gasteiger partial charge in [0.25, 0.3) is 0 Å². The van der Waals surface area contributed by atoms with Crippen LogP contribution in [0.5, 0.6) is 0 Å². The van der Waals surface area contributed by atoms with E-state index in [1.54, 1.807) is 6.07 Å². The molecule has 0 aromatic carbocycles. The molecule has 1 saturated heterocycles. The van der Waals surface area contributed by atoms with Gasteiger partial charge in [-0.2, -0.15) is 0 Å². The van der Waals surface area contributed by atoms with Gasteiger partial charge in [-0.1, -0.05) is 6.92 Å². The standard InChI is InChI=1S/C12H16N2O3S/c1-2-9-11(15)13-5-6-14(9)7-8-3-4-10(18-8)12(16)17/h3-4,9H,2,5-7H2,1H3,(H,13,15)(H,16,17). The summed E-state index contributed by atoms with van der Waals surface area (Å²) in [4.78, 5) is 25.9. The summed E-state index contributed by atoms with van der Waals surface area (Å²) >= 11 is 1.28. The Bertz CT molecular complexity index is 458. The highest BCUT2D eigenvalue weighted by Gasteiger charge is 2.28. The lowest BCUT2D eigenvalue weighted by Crippen LogP contribution is -2.54. The van der Waals surface area contributed by atoms with E-state index in [0.29, 0.717) is 18.0 Å². The number of carbonyl (C=O) groups excluding carboxylic acids is 1. The summed E-state index contributed by atoms with van der Waals surface area (Å²) in [5.41, 5.74) is 0. The van der Waals surface area contributed by atoms with Crippen LogP contribution in [0.25, 0.3) is 0 Å². The van der Waals surface area contributed by atoms with Crippen LogP contribution in [0.2, 0.25) is 0 Å². The van der Waals surface area contributed by atoms with Gasteiger partial charge in [0.2, 0.25) is 5.91 Å². The van der Waals surface area contributed by atoms with Crippen LogP contribution in [0.1, 0.15) is 27.9 Å². The van der Waals surface area contributed by atoms with Gasteiger partial charge in [-0.15, -0.1) is 11.3 Å². The van der Waals surface area contributed by atoms with Crippen LogP contribution in [0.4, 0.5) is 0 Å². The van der Waals surface area contributed by atoms with Crippen molar-refractivity contribution in [1.29, 1.82) is 0 Å². The molecular weight excluding hydrogens is 252 g/mol. The van der Waals surface area contributed by atoms with Crippen molar-refractivity contribution in [2.75, 3.05) is 13.1 Å². The lowest BCUT2D eigenvalue weighted by Gasteiger charge is -2.34. The molecule has 0 radical (unpaired) electrons. The second kappa shape index (κ2) is 5.49. The lowest BCUT2D eigenvalue weighted by atomic mass is 10.1. The number of thiophene rings is 1. The average molecular weight is 268 g/mol. The Morgan fingerprint density at radius 2 is 2.39 bits per heavy atom. The number of aromatic carboxylic acids is 1. The van der Waals surface area contributed by atoms with E-state index in [9.17, 15) is 9.59 Å². The normalized spacial score (nSPS) is 20.7. The second-order valence-electron chi connectivity index (χ2n) is 4.26. The molecule has 1 amide bonds. The SMILES string of the molecule is CCC1C(=O)NCCN1Cc1ccc(C(=O)O)s1. The molecule has 1 aliphatic heterocycles. The molecule has 1 aliphatic rings. The van der Waals surface area contributed by atoms with Gasteiger partial charge in [0.05, 0.1) is 6.04 Å². The summed E-state index contributed by atoms with van der Waals surface area (Å²) in [7, 11) is 0. The van der Waals surface area contributed by atoms with Crippen molar-refractivity contribution in [3.8, 4) is 0 Å². The van der Waals surface area contributed by atoms with Gasteiger partial charge >= 0.3 is 5.97 Å². The zero-order valence-electron chi connectivity index (χ0n) is 10.2. The van der Waals surface area contributed by atoms with Gasteiger partial charge in [0.15, 0.2) is 0 Å². The monoisotopic (exact) mass is 268 g/mol. The number of hydrogen-bond acceptors (Lipinski definition) is 4. The van der Waals surface area contributed by atoms with Gasteiger partial charge in [0, 0.05) is 24.5 Å². The number of piperazine rings is 1. The predicted octanol–water partition coefficient (Wildman–Crippen LogP) is 1.16. The summed E-state index contributed by atoms with van der Waals surface area (Å²) in [6.45, 7) is 4.10. The molecule has 6 heteroatoms. The minimum atomic E-state index is -0.894. The van der Waals surface area contributed by atoms with Crippen molar-refractivity contribution in [2.45, 2.75) is 25.9 Å². The summed E-state index contributed by atoms with van der Waals surface area (Å²) in [6, 6.07) is 3.34. The summed E-state index contributed by atoms with van der Waals surface area (Å²) in [5, 5.41) is 11.7. The highest BCUT2D eigenvalue weighted by Crippen LogP contribution is 2.20. The molecule has 98 valence electrons. The molecule has 0 saturated carbocycles. The second-order valence-corrected chi connectivity index (χ2v) is 5.42. The third-order valence-electron chi connectivity index (χ3n) is 3.06. The molecule has 1 atom stereocenters. The number of nitrogens with zero attached hydrogens (tertiary/aromatic N) is 1. The van der Waals surface area contributed by atoms with Crippen molar-refractivity contribution in [3.63, 3.8) is 0 Å². The number of carboxylic acids is 1. The quantitative estimate of drug-likeness (QED) is 0.859. The van der Waals surface area contributed by atoms with E-state index in [1.807, 2.05) is 13.0 Å². The first-order valence-corrected chi connectivity index (χ1v) is 6.77. The van der Waals surface area contributed by atoms with Crippen molar-refractivity contribution in [3.05, 3.63) is 21.9 Å². The fourth-order valence-corrected chi connectivity index (χ4v) is 3.05. The Hall–Kier alpha value is -1.40. The Labute approximate surface area is 109 Å². The minimum Gasteiger partial charge on any atom is -0.477 e. The molecule has 2 heterocycles. The molecule has 1 aromatic heterocycles. The highest BCUT2D eigenvalue weighted by atomic mass is 32.1. The number of nitrogens with one attached hydrogen (secondary N) is 1. The third-order valence-corrected chi connectivity index (χ3v) is 4.12. The Balaban J connectivity index is 2.06. The van der Waals surface area contributed by atoms with E-state index in [2.05, 4.69) is 10.2 Å². The largest absolute Gasteiger partial charge is 0.477 e. The number of amides is 1. The Morgan fingerprint density at radius 3 is 3.00 bits per heavy atom. The van der Waals surface area contributed by atoms with Gasteiger partial charge in [-0.3, -0.25) is 9.69 Å². The molecule has 2 rings (SSSR count). The fourth-order valence-electron chi connectivity index (χ4n) is 2.17. The molecule has 2 N–H and O–H groups in total. The molecule has 0 aliphatic carbocycles. The van der Waals surface area contributed by atoms with E-state index in [0.717, 1.165) is 17.8 Å². The highest BCUT2D eigenvalue weighted by molar-refractivity contribution is 7.13. The molecular formula is C12H16N2O3S. The van der Waals surface area contributed by atoms with Crippen molar-refractivity contribution >= 4 is 23.2 Å². The molecule has 0 spiro atoms. The zero-order valence-corrected chi connectivity index (χ0v) is 11.0. The van der Waals surface area contributed by atoms with Crippen molar-refractivity contribution in [1.82, 2.24) is 10.2 Å². The third kappa shape index (κ3) is 2.70. The molecule has 1 unspecified atom stereocenters.